The van der Waals surface area contributed by atoms with Crippen molar-refractivity contribution in [3.63, 3.8) is 0 Å². The minimum absolute atomic E-state index is 0.119. The van der Waals surface area contributed by atoms with Crippen LogP contribution in [0.25, 0.3) is 11.0 Å². The summed E-state index contributed by atoms with van der Waals surface area (Å²) in [7, 11) is -3.68. The van der Waals surface area contributed by atoms with E-state index in [1.165, 1.54) is 12.1 Å². The Morgan fingerprint density at radius 1 is 1.13 bits per heavy atom. The molecule has 0 atom stereocenters. The molecule has 0 spiro atoms. The zero-order valence-corrected chi connectivity index (χ0v) is 18.1. The third-order valence-electron chi connectivity index (χ3n) is 6.27. The fraction of sp³-hybridized carbons (Fsp3) is 0.348. The fourth-order valence-corrected chi connectivity index (χ4v) is 5.18. The molecule has 5 rings (SSSR count). The van der Waals surface area contributed by atoms with E-state index >= 15 is 0 Å². The monoisotopic (exact) mass is 440 g/mol. The number of aryl methyl sites for hydroxylation is 2. The Kier molecular flexibility index (Phi) is 4.88. The van der Waals surface area contributed by atoms with Crippen LogP contribution in [-0.4, -0.2) is 26.6 Å². The molecule has 1 aliphatic carbocycles. The number of rotatable bonds is 4. The molecule has 2 N–H and O–H groups in total. The first kappa shape index (κ1) is 20.2. The molecular formula is C23H24N2O5S. The van der Waals surface area contributed by atoms with Gasteiger partial charge in [0.15, 0.2) is 0 Å². The van der Waals surface area contributed by atoms with Crippen LogP contribution >= 0.6 is 0 Å². The van der Waals surface area contributed by atoms with Crippen LogP contribution < -0.4 is 15.5 Å². The first-order valence-corrected chi connectivity index (χ1v) is 11.9. The zero-order chi connectivity index (χ0) is 21.8. The normalized spacial score (nSPS) is 16.2. The van der Waals surface area contributed by atoms with E-state index in [1.54, 1.807) is 12.1 Å². The van der Waals surface area contributed by atoms with Crippen LogP contribution in [0.3, 0.4) is 0 Å². The molecule has 0 amide bonds. The van der Waals surface area contributed by atoms with E-state index in [1.807, 2.05) is 6.92 Å². The molecule has 0 saturated carbocycles. The highest BCUT2D eigenvalue weighted by atomic mass is 32.2. The lowest BCUT2D eigenvalue weighted by Crippen LogP contribution is -2.34. The maximum Gasteiger partial charge on any atom is 0.339 e. The van der Waals surface area contributed by atoms with Gasteiger partial charge in [0.2, 0.25) is 10.0 Å². The second-order valence-corrected chi connectivity index (χ2v) is 9.89. The van der Waals surface area contributed by atoms with Gasteiger partial charge >= 0.3 is 5.63 Å². The topological polar surface area (TPSA) is 103 Å². The smallest absolute Gasteiger partial charge is 0.339 e. The summed E-state index contributed by atoms with van der Waals surface area (Å²) >= 11 is 0. The fourth-order valence-electron chi connectivity index (χ4n) is 4.66. The SMILES string of the molecule is Cc1c2c(cc3c4c(c(=O)oc13)CCC4)CN(CCc1ccc(S(N)(=O)=O)cc1)CO2. The highest BCUT2D eigenvalue weighted by molar-refractivity contribution is 7.89. The Bertz CT molecular complexity index is 1340. The predicted octanol–water partition coefficient (Wildman–Crippen LogP) is 2.63. The summed E-state index contributed by atoms with van der Waals surface area (Å²) in [4.78, 5) is 14.7. The van der Waals surface area contributed by atoms with Gasteiger partial charge in [0, 0.05) is 35.2 Å². The molecule has 8 heteroatoms. The van der Waals surface area contributed by atoms with Crippen molar-refractivity contribution in [2.75, 3.05) is 13.3 Å². The third-order valence-corrected chi connectivity index (χ3v) is 7.20. The highest BCUT2D eigenvalue weighted by Crippen LogP contribution is 2.38. The first-order valence-electron chi connectivity index (χ1n) is 10.4. The average molecular weight is 441 g/mol. The Balaban J connectivity index is 1.38. The molecule has 162 valence electrons. The molecule has 0 bridgehead atoms. The summed E-state index contributed by atoms with van der Waals surface area (Å²) in [6.45, 7) is 3.92. The Hall–Kier alpha value is -2.68. The van der Waals surface area contributed by atoms with Crippen molar-refractivity contribution >= 4 is 21.0 Å². The van der Waals surface area contributed by atoms with Gasteiger partial charge < -0.3 is 9.15 Å². The number of ether oxygens (including phenoxy) is 1. The van der Waals surface area contributed by atoms with Gasteiger partial charge in [-0.3, -0.25) is 4.90 Å². The van der Waals surface area contributed by atoms with E-state index in [0.717, 1.165) is 77.7 Å². The van der Waals surface area contributed by atoms with Gasteiger partial charge in [-0.2, -0.15) is 0 Å². The first-order chi connectivity index (χ1) is 14.8. The molecule has 1 aromatic heterocycles. The van der Waals surface area contributed by atoms with Gasteiger partial charge in [0.05, 0.1) is 4.90 Å². The van der Waals surface area contributed by atoms with E-state index in [-0.39, 0.29) is 10.5 Å². The second kappa shape index (κ2) is 7.47. The number of hydrogen-bond acceptors (Lipinski definition) is 6. The highest BCUT2D eigenvalue weighted by Gasteiger charge is 2.26. The number of primary sulfonamides is 1. The average Bonchev–Trinajstić information content (AvgIpc) is 3.24. The lowest BCUT2D eigenvalue weighted by molar-refractivity contribution is 0.0959. The summed E-state index contributed by atoms with van der Waals surface area (Å²) in [5, 5.41) is 6.19. The number of nitrogens with zero attached hydrogens (tertiary/aromatic N) is 1. The van der Waals surface area contributed by atoms with Gasteiger partial charge in [0.1, 0.15) is 18.1 Å². The standard InChI is InChI=1S/C23H24N2O5S/c1-14-21-16(11-20-18-3-2-4-19(18)23(26)30-22(14)20)12-25(13-29-21)10-9-15-5-7-17(8-6-15)31(24,27)28/h5-8,11H,2-4,9-10,12-13H2,1H3,(H2,24,27,28). The zero-order valence-electron chi connectivity index (χ0n) is 17.3. The molecule has 0 radical (unpaired) electrons. The van der Waals surface area contributed by atoms with Gasteiger partial charge in [0.25, 0.3) is 0 Å². The maximum absolute atomic E-state index is 12.3. The van der Waals surface area contributed by atoms with Crippen molar-refractivity contribution in [2.45, 2.75) is 44.0 Å². The lowest BCUT2D eigenvalue weighted by Gasteiger charge is -2.30. The van der Waals surface area contributed by atoms with Crippen molar-refractivity contribution in [3.8, 4) is 5.75 Å². The van der Waals surface area contributed by atoms with E-state index < -0.39 is 10.0 Å². The molecule has 0 unspecified atom stereocenters. The van der Waals surface area contributed by atoms with E-state index in [9.17, 15) is 13.2 Å². The van der Waals surface area contributed by atoms with E-state index in [2.05, 4.69) is 11.0 Å². The molecule has 1 aliphatic heterocycles. The van der Waals surface area contributed by atoms with Crippen LogP contribution in [0.2, 0.25) is 0 Å². The molecular weight excluding hydrogens is 416 g/mol. The van der Waals surface area contributed by atoms with Crippen LogP contribution in [0.1, 0.15) is 34.2 Å². The number of hydrogen-bond donors (Lipinski definition) is 1. The minimum Gasteiger partial charge on any atom is -0.477 e. The molecule has 0 fully saturated rings. The summed E-state index contributed by atoms with van der Waals surface area (Å²) in [5.41, 5.74) is 5.41. The van der Waals surface area contributed by atoms with Gasteiger partial charge in [-0.25, -0.2) is 18.4 Å². The molecule has 0 saturated heterocycles. The Morgan fingerprint density at radius 3 is 2.61 bits per heavy atom. The predicted molar refractivity (Wildman–Crippen MR) is 117 cm³/mol. The number of fused-ring (bicyclic) bond motifs is 4. The van der Waals surface area contributed by atoms with Crippen molar-refractivity contribution < 1.29 is 17.6 Å². The summed E-state index contributed by atoms with van der Waals surface area (Å²) in [5.74, 6) is 0.808. The summed E-state index contributed by atoms with van der Waals surface area (Å²) in [6, 6.07) is 8.79. The minimum atomic E-state index is -3.68. The van der Waals surface area contributed by atoms with Crippen LogP contribution in [0, 0.1) is 6.92 Å². The number of sulfonamides is 1. The maximum atomic E-state index is 12.3. The van der Waals surface area contributed by atoms with Crippen LogP contribution in [0.15, 0.2) is 44.4 Å². The van der Waals surface area contributed by atoms with Crippen LogP contribution in [0.5, 0.6) is 5.75 Å². The van der Waals surface area contributed by atoms with Gasteiger partial charge in [-0.15, -0.1) is 0 Å². The number of nitrogens with two attached hydrogens (primary N) is 1. The van der Waals surface area contributed by atoms with Crippen molar-refractivity contribution in [2.24, 2.45) is 5.14 Å². The van der Waals surface area contributed by atoms with Crippen molar-refractivity contribution in [1.82, 2.24) is 4.90 Å². The molecule has 2 heterocycles. The van der Waals surface area contributed by atoms with E-state index in [4.69, 9.17) is 14.3 Å². The molecule has 2 aromatic carbocycles. The molecule has 31 heavy (non-hydrogen) atoms. The second-order valence-electron chi connectivity index (χ2n) is 8.33. The number of benzene rings is 2. The summed E-state index contributed by atoms with van der Waals surface area (Å²) in [6.07, 6.45) is 3.45. The largest absolute Gasteiger partial charge is 0.477 e. The Morgan fingerprint density at radius 2 is 1.87 bits per heavy atom. The third kappa shape index (κ3) is 3.64. The van der Waals surface area contributed by atoms with Gasteiger partial charge in [-0.1, -0.05) is 12.1 Å². The summed E-state index contributed by atoms with van der Waals surface area (Å²) < 4.78 is 34.5. The van der Waals surface area contributed by atoms with Gasteiger partial charge in [-0.05, 0) is 61.9 Å². The van der Waals surface area contributed by atoms with Crippen molar-refractivity contribution in [1.29, 1.82) is 0 Å². The molecule has 3 aromatic rings. The quantitative estimate of drug-likeness (QED) is 0.626. The van der Waals surface area contributed by atoms with E-state index in [0.29, 0.717) is 12.3 Å². The molecule has 2 aliphatic rings. The van der Waals surface area contributed by atoms with Crippen LogP contribution in [-0.2, 0) is 35.8 Å². The van der Waals surface area contributed by atoms with Crippen LogP contribution in [0.4, 0.5) is 0 Å². The Labute approximate surface area is 180 Å². The molecule has 7 nitrogen and oxygen atoms in total. The van der Waals surface area contributed by atoms with Crippen molar-refractivity contribution in [3.05, 3.63) is 68.6 Å². The lowest BCUT2D eigenvalue weighted by atomic mass is 9.99.